The second kappa shape index (κ2) is 12.2. The molecule has 5 heteroatoms. The molecule has 0 aromatic heterocycles. The molecule has 0 aliphatic carbocycles. The van der Waals surface area contributed by atoms with Gasteiger partial charge in [0.15, 0.2) is 0 Å². The number of methoxy groups -OCH3 is 1. The Morgan fingerprint density at radius 2 is 1.88 bits per heavy atom. The van der Waals surface area contributed by atoms with Crippen molar-refractivity contribution in [3.05, 3.63) is 28.8 Å². The van der Waals surface area contributed by atoms with Crippen molar-refractivity contribution in [3.63, 3.8) is 0 Å². The van der Waals surface area contributed by atoms with E-state index in [9.17, 15) is 9.90 Å². The first kappa shape index (κ1) is 21.8. The number of unbranched alkanes of at least 4 members (excludes halogenated alkanes) is 5. The molecule has 1 amide bonds. The second-order valence-electron chi connectivity index (χ2n) is 6.44. The highest BCUT2D eigenvalue weighted by Crippen LogP contribution is 2.29. The number of aliphatic hydroxyl groups excluding tert-OH is 1. The molecule has 0 aliphatic heterocycles. The summed E-state index contributed by atoms with van der Waals surface area (Å²) in [6, 6.07) is 4.87. The van der Waals surface area contributed by atoms with Crippen molar-refractivity contribution in [1.82, 2.24) is 5.32 Å². The first-order valence-corrected chi connectivity index (χ1v) is 9.72. The van der Waals surface area contributed by atoms with E-state index in [1.54, 1.807) is 25.3 Å². The third-order valence-electron chi connectivity index (χ3n) is 4.44. The van der Waals surface area contributed by atoms with Crippen molar-refractivity contribution in [2.45, 2.75) is 77.4 Å². The minimum absolute atomic E-state index is 0.000926. The van der Waals surface area contributed by atoms with Gasteiger partial charge in [-0.15, -0.1) is 0 Å². The highest BCUT2D eigenvalue weighted by atomic mass is 35.5. The third kappa shape index (κ3) is 7.66. The summed E-state index contributed by atoms with van der Waals surface area (Å²) in [6.07, 6.45) is 7.27. The van der Waals surface area contributed by atoms with Gasteiger partial charge in [-0.1, -0.05) is 63.6 Å². The number of aliphatic hydroxyl groups is 1. The molecule has 0 unspecified atom stereocenters. The van der Waals surface area contributed by atoms with Crippen LogP contribution in [0.5, 0.6) is 5.75 Å². The van der Waals surface area contributed by atoms with E-state index in [-0.39, 0.29) is 11.9 Å². The van der Waals surface area contributed by atoms with Gasteiger partial charge in [-0.05, 0) is 30.5 Å². The van der Waals surface area contributed by atoms with Crippen LogP contribution in [0.2, 0.25) is 5.02 Å². The number of hydrogen-bond acceptors (Lipinski definition) is 3. The summed E-state index contributed by atoms with van der Waals surface area (Å²) in [5.74, 6) is 0.568. The molecule has 0 fully saturated rings. The summed E-state index contributed by atoms with van der Waals surface area (Å²) >= 11 is 6.12. The molecule has 4 nitrogen and oxygen atoms in total. The number of carbonyl (C=O) groups excluding carboxylic acids is 1. The molecule has 1 aromatic rings. The zero-order valence-electron chi connectivity index (χ0n) is 15.7. The Hall–Kier alpha value is -1.26. The standard InChI is InChI=1S/C20H32ClNO3/c1-4-6-7-8-9-10-11-19(23)22-17(5-2)20(24)15-12-13-18(25-3)16(21)14-15/h12-14,17,20,24H,4-11H2,1-3H3,(H,22,23)/t17-,20-/m1/s1. The first-order valence-electron chi connectivity index (χ1n) is 9.34. The molecule has 2 N–H and O–H groups in total. The smallest absolute Gasteiger partial charge is 0.220 e. The Bertz CT molecular complexity index is 522. The van der Waals surface area contributed by atoms with Crippen molar-refractivity contribution >= 4 is 17.5 Å². The topological polar surface area (TPSA) is 58.6 Å². The lowest BCUT2D eigenvalue weighted by atomic mass is 9.99. The third-order valence-corrected chi connectivity index (χ3v) is 4.74. The van der Waals surface area contributed by atoms with Crippen molar-refractivity contribution < 1.29 is 14.6 Å². The summed E-state index contributed by atoms with van der Waals surface area (Å²) in [4.78, 5) is 12.1. The van der Waals surface area contributed by atoms with Gasteiger partial charge in [0.1, 0.15) is 5.75 Å². The van der Waals surface area contributed by atoms with Gasteiger partial charge in [-0.3, -0.25) is 4.79 Å². The fraction of sp³-hybridized carbons (Fsp3) is 0.650. The Kier molecular flexibility index (Phi) is 10.6. The minimum atomic E-state index is -0.790. The van der Waals surface area contributed by atoms with Crippen molar-refractivity contribution in [2.24, 2.45) is 0 Å². The lowest BCUT2D eigenvalue weighted by Gasteiger charge is -2.24. The largest absolute Gasteiger partial charge is 0.495 e. The highest BCUT2D eigenvalue weighted by molar-refractivity contribution is 6.32. The van der Waals surface area contributed by atoms with Crippen LogP contribution < -0.4 is 10.1 Å². The minimum Gasteiger partial charge on any atom is -0.495 e. The van der Waals surface area contributed by atoms with Crippen LogP contribution in [0.25, 0.3) is 0 Å². The number of amides is 1. The zero-order chi connectivity index (χ0) is 18.7. The van der Waals surface area contributed by atoms with Crippen molar-refractivity contribution in [1.29, 1.82) is 0 Å². The van der Waals surface area contributed by atoms with Crippen LogP contribution in [-0.2, 0) is 4.79 Å². The summed E-state index contributed by atoms with van der Waals surface area (Å²) < 4.78 is 5.13. The number of benzene rings is 1. The molecule has 142 valence electrons. The van der Waals surface area contributed by atoms with Crippen LogP contribution >= 0.6 is 11.6 Å². The average Bonchev–Trinajstić information content (AvgIpc) is 2.61. The molecule has 0 radical (unpaired) electrons. The molecular weight excluding hydrogens is 338 g/mol. The van der Waals surface area contributed by atoms with E-state index in [0.717, 1.165) is 12.8 Å². The van der Waals surface area contributed by atoms with Crippen molar-refractivity contribution in [3.8, 4) is 5.75 Å². The number of halogens is 1. The molecule has 0 aliphatic rings. The van der Waals surface area contributed by atoms with E-state index in [1.807, 2.05) is 6.92 Å². The van der Waals surface area contributed by atoms with Crippen LogP contribution in [-0.4, -0.2) is 24.2 Å². The Morgan fingerprint density at radius 3 is 2.48 bits per heavy atom. The molecule has 0 bridgehead atoms. The van der Waals surface area contributed by atoms with E-state index in [2.05, 4.69) is 12.2 Å². The lowest BCUT2D eigenvalue weighted by molar-refractivity contribution is -0.122. The maximum atomic E-state index is 12.1. The maximum Gasteiger partial charge on any atom is 0.220 e. The quantitative estimate of drug-likeness (QED) is 0.508. The summed E-state index contributed by atoms with van der Waals surface area (Å²) in [6.45, 7) is 4.14. The SMILES string of the molecule is CCCCCCCCC(=O)N[C@H](CC)[C@H](O)c1ccc(OC)c(Cl)c1. The predicted molar refractivity (Wildman–Crippen MR) is 103 cm³/mol. The number of carbonyl (C=O) groups is 1. The summed E-state index contributed by atoms with van der Waals surface area (Å²) in [7, 11) is 1.55. The van der Waals surface area contributed by atoms with Gasteiger partial charge < -0.3 is 15.2 Å². The number of ether oxygens (including phenoxy) is 1. The first-order chi connectivity index (χ1) is 12.0. The molecule has 1 aromatic carbocycles. The fourth-order valence-electron chi connectivity index (χ4n) is 2.85. The zero-order valence-corrected chi connectivity index (χ0v) is 16.4. The van der Waals surface area contributed by atoms with Gasteiger partial charge in [-0.2, -0.15) is 0 Å². The normalized spacial score (nSPS) is 13.3. The molecule has 0 heterocycles. The van der Waals surface area contributed by atoms with Crippen LogP contribution in [0.1, 0.15) is 76.9 Å². The van der Waals surface area contributed by atoms with Gasteiger partial charge in [0.2, 0.25) is 5.91 Å². The number of nitrogens with one attached hydrogen (secondary N) is 1. The molecular formula is C20H32ClNO3. The van der Waals surface area contributed by atoms with E-state index < -0.39 is 6.10 Å². The average molecular weight is 370 g/mol. The monoisotopic (exact) mass is 369 g/mol. The summed E-state index contributed by atoms with van der Waals surface area (Å²) in [5.41, 5.74) is 0.678. The van der Waals surface area contributed by atoms with Crippen molar-refractivity contribution in [2.75, 3.05) is 7.11 Å². The van der Waals surface area contributed by atoms with E-state index in [1.165, 1.54) is 25.7 Å². The van der Waals surface area contributed by atoms with Gasteiger partial charge in [-0.25, -0.2) is 0 Å². The Balaban J connectivity index is 2.48. The molecule has 0 saturated heterocycles. The van der Waals surface area contributed by atoms with Gasteiger partial charge in [0.05, 0.1) is 24.3 Å². The van der Waals surface area contributed by atoms with Gasteiger partial charge in [0.25, 0.3) is 0 Å². The predicted octanol–water partition coefficient (Wildman–Crippen LogP) is 5.03. The number of hydrogen-bond donors (Lipinski definition) is 2. The van der Waals surface area contributed by atoms with Crippen LogP contribution in [0.15, 0.2) is 18.2 Å². The van der Waals surface area contributed by atoms with Gasteiger partial charge in [0, 0.05) is 6.42 Å². The van der Waals surface area contributed by atoms with E-state index >= 15 is 0 Å². The second-order valence-corrected chi connectivity index (χ2v) is 6.85. The lowest BCUT2D eigenvalue weighted by Crippen LogP contribution is -2.38. The number of rotatable bonds is 12. The molecule has 0 spiro atoms. The van der Waals surface area contributed by atoms with E-state index in [0.29, 0.717) is 29.2 Å². The van der Waals surface area contributed by atoms with Crippen LogP contribution in [0.3, 0.4) is 0 Å². The molecule has 25 heavy (non-hydrogen) atoms. The Morgan fingerprint density at radius 1 is 1.20 bits per heavy atom. The van der Waals surface area contributed by atoms with Crippen LogP contribution in [0, 0.1) is 0 Å². The van der Waals surface area contributed by atoms with Gasteiger partial charge >= 0.3 is 0 Å². The Labute approximate surface area is 156 Å². The molecule has 2 atom stereocenters. The maximum absolute atomic E-state index is 12.1. The van der Waals surface area contributed by atoms with E-state index in [4.69, 9.17) is 16.3 Å². The molecule has 0 saturated carbocycles. The van der Waals surface area contributed by atoms with Crippen LogP contribution in [0.4, 0.5) is 0 Å². The summed E-state index contributed by atoms with van der Waals surface area (Å²) in [5, 5.41) is 14.0. The fourth-order valence-corrected chi connectivity index (χ4v) is 3.11. The highest BCUT2D eigenvalue weighted by Gasteiger charge is 2.22. The molecule has 1 rings (SSSR count).